The molecule has 2 rings (SSSR count). The maximum absolute atomic E-state index is 14.0. The first-order valence-corrected chi connectivity index (χ1v) is 6.48. The third kappa shape index (κ3) is 3.66. The summed E-state index contributed by atoms with van der Waals surface area (Å²) in [5.74, 6) is -0.810. The smallest absolute Gasteiger partial charge is 0.327 e. The molecule has 0 aliphatic heterocycles. The van der Waals surface area contributed by atoms with Gasteiger partial charge in [0.15, 0.2) is 0 Å². The highest BCUT2D eigenvalue weighted by Gasteiger charge is 2.10. The molecule has 0 amide bonds. The van der Waals surface area contributed by atoms with Gasteiger partial charge < -0.3 is 4.74 Å². The Balaban J connectivity index is 2.18. The van der Waals surface area contributed by atoms with Gasteiger partial charge in [-0.25, -0.2) is 4.39 Å². The first-order valence-electron chi connectivity index (χ1n) is 6.48. The molecule has 5 nitrogen and oxygen atoms in total. The van der Waals surface area contributed by atoms with Gasteiger partial charge in [-0.3, -0.25) is 9.48 Å². The third-order valence-electron chi connectivity index (χ3n) is 2.86. The van der Waals surface area contributed by atoms with Gasteiger partial charge in [-0.2, -0.15) is 10.4 Å². The molecule has 0 saturated heterocycles. The van der Waals surface area contributed by atoms with E-state index in [0.717, 1.165) is 0 Å². The van der Waals surface area contributed by atoms with Crippen LogP contribution in [-0.4, -0.2) is 22.4 Å². The number of hydrogen-bond acceptors (Lipinski definition) is 4. The molecule has 1 aromatic heterocycles. The van der Waals surface area contributed by atoms with Crippen molar-refractivity contribution in [3.05, 3.63) is 42.0 Å². The molecule has 0 bridgehead atoms. The standard InChI is InChI=1S/C15H14FN3O2/c1-2-21-15(20)10-19-9-12(8-18-19)13-4-3-11(5-6-17)7-14(13)16/h3-4,7-9H,2,5,10H2,1H3. The van der Waals surface area contributed by atoms with Crippen LogP contribution in [0.2, 0.25) is 0 Å². The summed E-state index contributed by atoms with van der Waals surface area (Å²) in [4.78, 5) is 11.4. The summed E-state index contributed by atoms with van der Waals surface area (Å²) >= 11 is 0. The molecule has 0 spiro atoms. The summed E-state index contributed by atoms with van der Waals surface area (Å²) < 4.78 is 20.2. The van der Waals surface area contributed by atoms with Gasteiger partial charge in [0.25, 0.3) is 0 Å². The number of rotatable bonds is 5. The molecule has 108 valence electrons. The van der Waals surface area contributed by atoms with Crippen LogP contribution in [0.4, 0.5) is 4.39 Å². The van der Waals surface area contributed by atoms with Gasteiger partial charge in [-0.15, -0.1) is 0 Å². The summed E-state index contributed by atoms with van der Waals surface area (Å²) in [6.07, 6.45) is 3.24. The van der Waals surface area contributed by atoms with Crippen molar-refractivity contribution < 1.29 is 13.9 Å². The second-order valence-corrected chi connectivity index (χ2v) is 4.38. The van der Waals surface area contributed by atoms with Crippen LogP contribution in [0.15, 0.2) is 30.6 Å². The van der Waals surface area contributed by atoms with Crippen LogP contribution in [0.1, 0.15) is 12.5 Å². The van der Waals surface area contributed by atoms with Crippen LogP contribution in [-0.2, 0) is 22.5 Å². The molecule has 0 radical (unpaired) electrons. The van der Waals surface area contributed by atoms with Crippen molar-refractivity contribution >= 4 is 5.97 Å². The van der Waals surface area contributed by atoms with E-state index in [0.29, 0.717) is 23.3 Å². The lowest BCUT2D eigenvalue weighted by Gasteiger charge is -2.03. The molecule has 0 aliphatic carbocycles. The molecule has 0 N–H and O–H groups in total. The topological polar surface area (TPSA) is 67.9 Å². The minimum absolute atomic E-state index is 0.0119. The highest BCUT2D eigenvalue weighted by atomic mass is 19.1. The fraction of sp³-hybridized carbons (Fsp3) is 0.267. The van der Waals surface area contributed by atoms with E-state index in [-0.39, 0.29) is 13.0 Å². The Morgan fingerprint density at radius 2 is 2.33 bits per heavy atom. The predicted octanol–water partition coefficient (Wildman–Crippen LogP) is 2.32. The van der Waals surface area contributed by atoms with Crippen LogP contribution in [0.5, 0.6) is 0 Å². The Morgan fingerprint density at radius 3 is 3.00 bits per heavy atom. The van der Waals surface area contributed by atoms with Gasteiger partial charge in [0.05, 0.1) is 25.3 Å². The van der Waals surface area contributed by atoms with E-state index in [2.05, 4.69) is 5.10 Å². The average molecular weight is 287 g/mol. The maximum atomic E-state index is 14.0. The Bertz CT molecular complexity index is 688. The van der Waals surface area contributed by atoms with Crippen LogP contribution in [0, 0.1) is 17.1 Å². The molecule has 6 heteroatoms. The SMILES string of the molecule is CCOC(=O)Cn1cc(-c2ccc(CC#N)cc2F)cn1. The molecule has 0 saturated carbocycles. The Hall–Kier alpha value is -2.68. The highest BCUT2D eigenvalue weighted by Crippen LogP contribution is 2.23. The molecular formula is C15H14FN3O2. The molecule has 1 aromatic carbocycles. The molecule has 0 fully saturated rings. The van der Waals surface area contributed by atoms with E-state index in [1.807, 2.05) is 6.07 Å². The molecule has 0 unspecified atom stereocenters. The molecular weight excluding hydrogens is 273 g/mol. The first-order chi connectivity index (χ1) is 10.1. The molecule has 0 atom stereocenters. The summed E-state index contributed by atoms with van der Waals surface area (Å²) in [5, 5.41) is 12.6. The molecule has 21 heavy (non-hydrogen) atoms. The van der Waals surface area contributed by atoms with Crippen molar-refractivity contribution in [3.63, 3.8) is 0 Å². The van der Waals surface area contributed by atoms with Crippen molar-refractivity contribution in [3.8, 4) is 17.2 Å². The highest BCUT2D eigenvalue weighted by molar-refractivity contribution is 5.69. The van der Waals surface area contributed by atoms with E-state index >= 15 is 0 Å². The molecule has 2 aromatic rings. The number of benzene rings is 1. The summed E-state index contributed by atoms with van der Waals surface area (Å²) in [5.41, 5.74) is 1.57. The second kappa shape index (κ2) is 6.66. The fourth-order valence-electron chi connectivity index (χ4n) is 1.92. The van der Waals surface area contributed by atoms with Gasteiger partial charge in [0, 0.05) is 17.3 Å². The Labute approximate surface area is 121 Å². The lowest BCUT2D eigenvalue weighted by atomic mass is 10.1. The number of carbonyl (C=O) groups is 1. The van der Waals surface area contributed by atoms with Crippen LogP contribution < -0.4 is 0 Å². The van der Waals surface area contributed by atoms with E-state index in [4.69, 9.17) is 10.00 Å². The van der Waals surface area contributed by atoms with Crippen LogP contribution >= 0.6 is 0 Å². The number of nitrogens with zero attached hydrogens (tertiary/aromatic N) is 3. The fourth-order valence-corrected chi connectivity index (χ4v) is 1.92. The van der Waals surface area contributed by atoms with Crippen molar-refractivity contribution in [1.29, 1.82) is 5.26 Å². The molecule has 1 heterocycles. The maximum Gasteiger partial charge on any atom is 0.327 e. The van der Waals surface area contributed by atoms with Crippen molar-refractivity contribution in [2.45, 2.75) is 19.9 Å². The van der Waals surface area contributed by atoms with Gasteiger partial charge in [-0.1, -0.05) is 12.1 Å². The average Bonchev–Trinajstić information content (AvgIpc) is 2.87. The Kier molecular flexibility index (Phi) is 4.67. The van der Waals surface area contributed by atoms with Gasteiger partial charge in [0.2, 0.25) is 0 Å². The van der Waals surface area contributed by atoms with E-state index < -0.39 is 11.8 Å². The third-order valence-corrected chi connectivity index (χ3v) is 2.86. The number of ether oxygens (including phenoxy) is 1. The number of nitriles is 1. The van der Waals surface area contributed by atoms with Crippen molar-refractivity contribution in [2.75, 3.05) is 6.61 Å². The van der Waals surface area contributed by atoms with Gasteiger partial charge >= 0.3 is 5.97 Å². The zero-order valence-corrected chi connectivity index (χ0v) is 11.5. The number of aromatic nitrogens is 2. The predicted molar refractivity (Wildman–Crippen MR) is 73.6 cm³/mol. The van der Waals surface area contributed by atoms with Gasteiger partial charge in [0.1, 0.15) is 12.4 Å². The lowest BCUT2D eigenvalue weighted by molar-refractivity contribution is -0.144. The summed E-state index contributed by atoms with van der Waals surface area (Å²) in [7, 11) is 0. The monoisotopic (exact) mass is 287 g/mol. The van der Waals surface area contributed by atoms with E-state index in [1.54, 1.807) is 25.3 Å². The number of carbonyl (C=O) groups excluding carboxylic acids is 1. The number of hydrogen-bond donors (Lipinski definition) is 0. The zero-order valence-electron chi connectivity index (χ0n) is 11.5. The zero-order chi connectivity index (χ0) is 15.2. The quantitative estimate of drug-likeness (QED) is 0.791. The first kappa shape index (κ1) is 14.7. The lowest BCUT2D eigenvalue weighted by Crippen LogP contribution is -2.13. The normalized spacial score (nSPS) is 10.1. The van der Waals surface area contributed by atoms with Crippen LogP contribution in [0.3, 0.4) is 0 Å². The minimum Gasteiger partial charge on any atom is -0.465 e. The number of esters is 1. The van der Waals surface area contributed by atoms with Crippen molar-refractivity contribution in [2.24, 2.45) is 0 Å². The largest absolute Gasteiger partial charge is 0.465 e. The van der Waals surface area contributed by atoms with E-state index in [9.17, 15) is 9.18 Å². The summed E-state index contributed by atoms with van der Waals surface area (Å²) in [6, 6.07) is 6.61. The second-order valence-electron chi connectivity index (χ2n) is 4.38. The van der Waals surface area contributed by atoms with Crippen molar-refractivity contribution in [1.82, 2.24) is 9.78 Å². The van der Waals surface area contributed by atoms with Crippen LogP contribution in [0.25, 0.3) is 11.1 Å². The summed E-state index contributed by atoms with van der Waals surface area (Å²) in [6.45, 7) is 2.02. The molecule has 0 aliphatic rings. The minimum atomic E-state index is -0.418. The Morgan fingerprint density at radius 1 is 1.52 bits per heavy atom. The number of halogens is 1. The van der Waals surface area contributed by atoms with Gasteiger partial charge in [-0.05, 0) is 18.6 Å². The van der Waals surface area contributed by atoms with E-state index in [1.165, 1.54) is 16.9 Å².